The molecular formula is C18H20N2. The van der Waals surface area contributed by atoms with Gasteiger partial charge in [-0.1, -0.05) is 37.3 Å². The maximum Gasteiger partial charge on any atom is 0.116 e. The lowest BCUT2D eigenvalue weighted by atomic mass is 10.0. The van der Waals surface area contributed by atoms with Crippen molar-refractivity contribution in [3.8, 4) is 0 Å². The van der Waals surface area contributed by atoms with Gasteiger partial charge < -0.3 is 4.57 Å². The normalized spacial score (nSPS) is 12.8. The fraction of sp³-hybridized carbons (Fsp3) is 0.278. The predicted molar refractivity (Wildman–Crippen MR) is 84.1 cm³/mol. The number of hydrogen-bond acceptors (Lipinski definition) is 1. The van der Waals surface area contributed by atoms with E-state index in [2.05, 4.69) is 74.9 Å². The number of nitrogens with zero attached hydrogens (tertiary/aromatic N) is 2. The molecule has 2 heteroatoms. The highest BCUT2D eigenvalue weighted by atomic mass is 15.1. The molecule has 0 saturated heterocycles. The molecule has 20 heavy (non-hydrogen) atoms. The molecule has 0 aliphatic rings. The maximum atomic E-state index is 4.85. The Morgan fingerprint density at radius 1 is 1.00 bits per heavy atom. The van der Waals surface area contributed by atoms with E-state index in [1.54, 1.807) is 0 Å². The van der Waals surface area contributed by atoms with Crippen LogP contribution < -0.4 is 0 Å². The van der Waals surface area contributed by atoms with Crippen molar-refractivity contribution < 1.29 is 0 Å². The highest BCUT2D eigenvalue weighted by Gasteiger charge is 2.16. The quantitative estimate of drug-likeness (QED) is 0.673. The predicted octanol–water partition coefficient (Wildman–Crippen LogP) is 4.34. The van der Waals surface area contributed by atoms with Gasteiger partial charge in [0.25, 0.3) is 0 Å². The highest BCUT2D eigenvalue weighted by Crippen LogP contribution is 2.27. The smallest absolute Gasteiger partial charge is 0.116 e. The Labute approximate surface area is 120 Å². The average molecular weight is 264 g/mol. The van der Waals surface area contributed by atoms with Crippen LogP contribution in [-0.2, 0) is 7.05 Å². The largest absolute Gasteiger partial charge is 0.331 e. The second-order valence-electron chi connectivity index (χ2n) is 5.59. The lowest BCUT2D eigenvalue weighted by Gasteiger charge is -2.11. The van der Waals surface area contributed by atoms with Gasteiger partial charge in [0.2, 0.25) is 0 Å². The second kappa shape index (κ2) is 4.78. The van der Waals surface area contributed by atoms with Gasteiger partial charge >= 0.3 is 0 Å². The second-order valence-corrected chi connectivity index (χ2v) is 5.59. The Kier molecular flexibility index (Phi) is 3.09. The zero-order chi connectivity index (χ0) is 14.3. The molecule has 0 N–H and O–H groups in total. The SMILES string of the molecule is Cc1cc2nc(C(C)c3ccccc3)n(C)c2cc1C. The fourth-order valence-electron chi connectivity index (χ4n) is 2.74. The minimum Gasteiger partial charge on any atom is -0.331 e. The molecule has 0 amide bonds. The van der Waals surface area contributed by atoms with Gasteiger partial charge in [0.05, 0.1) is 11.0 Å². The van der Waals surface area contributed by atoms with Crippen LogP contribution in [0.25, 0.3) is 11.0 Å². The van der Waals surface area contributed by atoms with E-state index in [9.17, 15) is 0 Å². The number of aromatic nitrogens is 2. The molecular weight excluding hydrogens is 244 g/mol. The van der Waals surface area contributed by atoms with Crippen LogP contribution in [0.4, 0.5) is 0 Å². The number of rotatable bonds is 2. The zero-order valence-electron chi connectivity index (χ0n) is 12.5. The van der Waals surface area contributed by atoms with Gasteiger partial charge in [-0.25, -0.2) is 4.98 Å². The number of benzene rings is 2. The van der Waals surface area contributed by atoms with Crippen LogP contribution in [0.5, 0.6) is 0 Å². The van der Waals surface area contributed by atoms with E-state index < -0.39 is 0 Å². The van der Waals surface area contributed by atoms with Gasteiger partial charge in [0.1, 0.15) is 5.82 Å². The maximum absolute atomic E-state index is 4.85. The molecule has 2 aromatic carbocycles. The van der Waals surface area contributed by atoms with Gasteiger partial charge in [-0.05, 0) is 42.7 Å². The Morgan fingerprint density at radius 2 is 1.65 bits per heavy atom. The molecule has 0 aliphatic carbocycles. The third-order valence-corrected chi connectivity index (χ3v) is 4.22. The first-order chi connectivity index (χ1) is 9.58. The molecule has 0 spiro atoms. The van der Waals surface area contributed by atoms with Crippen molar-refractivity contribution in [3.63, 3.8) is 0 Å². The summed E-state index contributed by atoms with van der Waals surface area (Å²) in [5, 5.41) is 0. The van der Waals surface area contributed by atoms with E-state index in [4.69, 9.17) is 4.98 Å². The Hall–Kier alpha value is -2.09. The molecule has 3 rings (SSSR count). The summed E-state index contributed by atoms with van der Waals surface area (Å²) in [4.78, 5) is 4.85. The van der Waals surface area contributed by atoms with Crippen LogP contribution in [-0.4, -0.2) is 9.55 Å². The van der Waals surface area contributed by atoms with Crippen molar-refractivity contribution in [2.45, 2.75) is 26.7 Å². The lowest BCUT2D eigenvalue weighted by molar-refractivity contribution is 0.752. The fourth-order valence-corrected chi connectivity index (χ4v) is 2.74. The summed E-state index contributed by atoms with van der Waals surface area (Å²) in [6.07, 6.45) is 0. The van der Waals surface area contributed by atoms with Crippen molar-refractivity contribution in [1.82, 2.24) is 9.55 Å². The molecule has 0 saturated carbocycles. The molecule has 2 nitrogen and oxygen atoms in total. The topological polar surface area (TPSA) is 17.8 Å². The van der Waals surface area contributed by atoms with Gasteiger partial charge in [-0.2, -0.15) is 0 Å². The summed E-state index contributed by atoms with van der Waals surface area (Å²) in [5.74, 6) is 1.42. The standard InChI is InChI=1S/C18H20N2/c1-12-10-16-17(11-13(12)2)20(4)18(19-16)14(3)15-8-6-5-7-9-15/h5-11,14H,1-4H3. The molecule has 3 aromatic rings. The molecule has 1 unspecified atom stereocenters. The first kappa shape index (κ1) is 12.9. The molecule has 0 bridgehead atoms. The van der Waals surface area contributed by atoms with Gasteiger partial charge in [-0.15, -0.1) is 0 Å². The molecule has 102 valence electrons. The Bertz CT molecular complexity index is 754. The zero-order valence-corrected chi connectivity index (χ0v) is 12.5. The summed E-state index contributed by atoms with van der Waals surface area (Å²) < 4.78 is 2.22. The van der Waals surface area contributed by atoms with Gasteiger partial charge in [0.15, 0.2) is 0 Å². The van der Waals surface area contributed by atoms with Gasteiger partial charge in [0, 0.05) is 13.0 Å². The summed E-state index contributed by atoms with van der Waals surface area (Å²) >= 11 is 0. The van der Waals surface area contributed by atoms with E-state index in [1.165, 1.54) is 22.2 Å². The van der Waals surface area contributed by atoms with Crippen molar-refractivity contribution in [1.29, 1.82) is 0 Å². The van der Waals surface area contributed by atoms with Crippen molar-refractivity contribution in [3.05, 3.63) is 65.0 Å². The average Bonchev–Trinajstić information content (AvgIpc) is 2.77. The van der Waals surface area contributed by atoms with Crippen LogP contribution in [0.1, 0.15) is 35.4 Å². The molecule has 0 aliphatic heterocycles. The van der Waals surface area contributed by atoms with Crippen molar-refractivity contribution in [2.75, 3.05) is 0 Å². The molecule has 1 aromatic heterocycles. The van der Waals surface area contributed by atoms with Crippen LogP contribution >= 0.6 is 0 Å². The lowest BCUT2D eigenvalue weighted by Crippen LogP contribution is -2.04. The minimum atomic E-state index is 0.300. The number of imidazole rings is 1. The van der Waals surface area contributed by atoms with Crippen molar-refractivity contribution in [2.24, 2.45) is 7.05 Å². The summed E-state index contributed by atoms with van der Waals surface area (Å²) in [6, 6.07) is 15.0. The van der Waals surface area contributed by atoms with Crippen LogP contribution in [0.15, 0.2) is 42.5 Å². The monoisotopic (exact) mass is 264 g/mol. The van der Waals surface area contributed by atoms with E-state index >= 15 is 0 Å². The first-order valence-corrected chi connectivity index (χ1v) is 7.06. The Balaban J connectivity index is 2.15. The van der Waals surface area contributed by atoms with E-state index in [-0.39, 0.29) is 0 Å². The molecule has 0 radical (unpaired) electrons. The molecule has 1 atom stereocenters. The highest BCUT2D eigenvalue weighted by molar-refractivity contribution is 5.78. The summed E-state index contributed by atoms with van der Waals surface area (Å²) in [6.45, 7) is 6.52. The van der Waals surface area contributed by atoms with Crippen LogP contribution in [0, 0.1) is 13.8 Å². The van der Waals surface area contributed by atoms with E-state index in [1.807, 2.05) is 0 Å². The van der Waals surface area contributed by atoms with Crippen molar-refractivity contribution >= 4 is 11.0 Å². The summed E-state index contributed by atoms with van der Waals surface area (Å²) in [7, 11) is 2.11. The van der Waals surface area contributed by atoms with Gasteiger partial charge in [-0.3, -0.25) is 0 Å². The molecule has 1 heterocycles. The minimum absolute atomic E-state index is 0.300. The third kappa shape index (κ3) is 2.01. The summed E-state index contributed by atoms with van der Waals surface area (Å²) in [5.41, 5.74) is 6.23. The van der Waals surface area contributed by atoms with E-state index in [0.29, 0.717) is 5.92 Å². The first-order valence-electron chi connectivity index (χ1n) is 7.06. The number of aryl methyl sites for hydroxylation is 3. The molecule has 0 fully saturated rings. The Morgan fingerprint density at radius 3 is 2.35 bits per heavy atom. The number of hydrogen-bond donors (Lipinski definition) is 0. The van der Waals surface area contributed by atoms with Crippen LogP contribution in [0.2, 0.25) is 0 Å². The number of fused-ring (bicyclic) bond motifs is 1. The van der Waals surface area contributed by atoms with E-state index in [0.717, 1.165) is 11.3 Å². The van der Waals surface area contributed by atoms with Crippen LogP contribution in [0.3, 0.4) is 0 Å². The third-order valence-electron chi connectivity index (χ3n) is 4.22.